The number of benzene rings is 1. The molecule has 0 bridgehead atoms. The molecule has 0 N–H and O–H groups in total. The van der Waals surface area contributed by atoms with Crippen molar-refractivity contribution >= 4 is 24.4 Å². The summed E-state index contributed by atoms with van der Waals surface area (Å²) in [5.41, 5.74) is 0.743. The largest absolute Gasteiger partial charge is 0.273 e. The Kier molecular flexibility index (Phi) is 4.23. The van der Waals surface area contributed by atoms with E-state index in [1.54, 1.807) is 6.07 Å². The number of fused-ring (bicyclic) bond motifs is 1. The third kappa shape index (κ3) is 2.37. The van der Waals surface area contributed by atoms with Crippen LogP contribution in [0.2, 0.25) is 0 Å². The zero-order valence-corrected chi connectivity index (χ0v) is 13.1. The Bertz CT molecular complexity index is 539. The highest BCUT2D eigenvalue weighted by molar-refractivity contribution is 7.80. The van der Waals surface area contributed by atoms with E-state index >= 15 is 0 Å². The highest BCUT2D eigenvalue weighted by Gasteiger charge is 2.45. The molecule has 0 radical (unpaired) electrons. The predicted molar refractivity (Wildman–Crippen MR) is 82.9 cm³/mol. The fourth-order valence-electron chi connectivity index (χ4n) is 2.64. The molecule has 1 aromatic carbocycles. The van der Waals surface area contributed by atoms with Gasteiger partial charge in [-0.3, -0.25) is 14.5 Å². The highest BCUT2D eigenvalue weighted by Crippen LogP contribution is 2.36. The van der Waals surface area contributed by atoms with Gasteiger partial charge in [0.05, 0.1) is 10.8 Å². The molecule has 2 rings (SSSR count). The van der Waals surface area contributed by atoms with Crippen LogP contribution in [0, 0.1) is 0 Å². The average Bonchev–Trinajstić information content (AvgIpc) is 2.43. The van der Waals surface area contributed by atoms with Crippen LogP contribution >= 0.6 is 12.6 Å². The molecular formula is C16H21NO2S. The Hall–Kier alpha value is -1.29. The van der Waals surface area contributed by atoms with Crippen LogP contribution in [-0.4, -0.2) is 22.1 Å². The van der Waals surface area contributed by atoms with Crippen LogP contribution in [0.1, 0.15) is 56.0 Å². The second-order valence-corrected chi connectivity index (χ2v) is 6.37. The van der Waals surface area contributed by atoms with Gasteiger partial charge in [0, 0.05) is 5.56 Å². The molecule has 0 saturated heterocycles. The average molecular weight is 291 g/mol. The van der Waals surface area contributed by atoms with E-state index in [4.69, 9.17) is 0 Å². The van der Waals surface area contributed by atoms with Gasteiger partial charge in [-0.2, -0.15) is 12.6 Å². The Morgan fingerprint density at radius 2 is 1.90 bits per heavy atom. The van der Waals surface area contributed by atoms with E-state index in [-0.39, 0.29) is 17.2 Å². The number of unbranched alkanes of at least 4 members (excludes halogenated alkanes) is 1. The molecule has 1 aliphatic heterocycles. The molecule has 108 valence electrons. The summed E-state index contributed by atoms with van der Waals surface area (Å²) in [5, 5.41) is -0.345. The molecule has 2 amide bonds. The van der Waals surface area contributed by atoms with Gasteiger partial charge in [-0.15, -0.1) is 0 Å². The molecule has 3 nitrogen and oxygen atoms in total. The molecule has 1 unspecified atom stereocenters. The molecule has 1 atom stereocenters. The van der Waals surface area contributed by atoms with Gasteiger partial charge in [0.2, 0.25) is 5.91 Å². The monoisotopic (exact) mass is 291 g/mol. The number of amides is 2. The van der Waals surface area contributed by atoms with Crippen molar-refractivity contribution in [2.45, 2.75) is 50.8 Å². The smallest absolute Gasteiger partial charge is 0.261 e. The van der Waals surface area contributed by atoms with Crippen LogP contribution in [0.25, 0.3) is 0 Å². The lowest BCUT2D eigenvalue weighted by Crippen LogP contribution is -2.54. The van der Waals surface area contributed by atoms with E-state index in [1.165, 1.54) is 4.90 Å². The maximum atomic E-state index is 12.7. The van der Waals surface area contributed by atoms with Gasteiger partial charge in [0.15, 0.2) is 0 Å². The molecule has 1 aromatic rings. The van der Waals surface area contributed by atoms with Crippen LogP contribution in [0.3, 0.4) is 0 Å². The van der Waals surface area contributed by atoms with Gasteiger partial charge in [-0.1, -0.05) is 38.0 Å². The minimum absolute atomic E-state index is 0.155. The van der Waals surface area contributed by atoms with E-state index in [0.717, 1.165) is 24.8 Å². The fourth-order valence-corrected chi connectivity index (χ4v) is 3.03. The Morgan fingerprint density at radius 1 is 1.25 bits per heavy atom. The van der Waals surface area contributed by atoms with Crippen molar-refractivity contribution in [3.8, 4) is 0 Å². The standard InChI is InChI=1S/C16H21NO2S/c1-4-5-10-13(20)17-14(18)11-8-6-7-9-12(11)16(2,3)15(17)19/h6-9,13,20H,4-5,10H2,1-3H3. The van der Waals surface area contributed by atoms with Crippen molar-refractivity contribution in [3.63, 3.8) is 0 Å². The van der Waals surface area contributed by atoms with Gasteiger partial charge in [0.1, 0.15) is 0 Å². The molecule has 1 aliphatic rings. The predicted octanol–water partition coefficient (Wildman–Crippen LogP) is 3.39. The van der Waals surface area contributed by atoms with Gasteiger partial charge >= 0.3 is 0 Å². The first-order chi connectivity index (χ1) is 9.41. The maximum Gasteiger partial charge on any atom is 0.261 e. The molecule has 1 heterocycles. The third-order valence-electron chi connectivity index (χ3n) is 3.92. The summed E-state index contributed by atoms with van der Waals surface area (Å²) >= 11 is 4.48. The van der Waals surface area contributed by atoms with E-state index in [0.29, 0.717) is 5.56 Å². The molecule has 0 spiro atoms. The maximum absolute atomic E-state index is 12.7. The molecule has 4 heteroatoms. The second-order valence-electron chi connectivity index (χ2n) is 5.77. The van der Waals surface area contributed by atoms with Crippen LogP contribution in [-0.2, 0) is 10.2 Å². The second kappa shape index (κ2) is 5.60. The lowest BCUT2D eigenvalue weighted by Gasteiger charge is -2.39. The van der Waals surface area contributed by atoms with Gasteiger partial charge in [0.25, 0.3) is 5.91 Å². The van der Waals surface area contributed by atoms with E-state index in [2.05, 4.69) is 19.6 Å². The third-order valence-corrected chi connectivity index (χ3v) is 4.41. The molecule has 0 saturated carbocycles. The summed E-state index contributed by atoms with van der Waals surface area (Å²) in [5.74, 6) is -0.377. The summed E-state index contributed by atoms with van der Waals surface area (Å²) in [6.07, 6.45) is 2.70. The summed E-state index contributed by atoms with van der Waals surface area (Å²) in [6.45, 7) is 5.82. The normalized spacial score (nSPS) is 18.9. The first-order valence-corrected chi connectivity index (χ1v) is 7.58. The number of hydrogen-bond donors (Lipinski definition) is 1. The van der Waals surface area contributed by atoms with Crippen molar-refractivity contribution in [1.82, 2.24) is 4.90 Å². The van der Waals surface area contributed by atoms with Crippen LogP contribution < -0.4 is 0 Å². The molecule has 0 aliphatic carbocycles. The van der Waals surface area contributed by atoms with Crippen molar-refractivity contribution in [1.29, 1.82) is 0 Å². The van der Waals surface area contributed by atoms with Gasteiger partial charge in [-0.25, -0.2) is 0 Å². The van der Waals surface area contributed by atoms with Crippen LogP contribution in [0.15, 0.2) is 24.3 Å². The lowest BCUT2D eigenvalue weighted by atomic mass is 9.77. The van der Waals surface area contributed by atoms with E-state index in [9.17, 15) is 9.59 Å². The van der Waals surface area contributed by atoms with E-state index in [1.807, 2.05) is 32.0 Å². The summed E-state index contributed by atoms with van der Waals surface area (Å²) in [7, 11) is 0. The topological polar surface area (TPSA) is 37.4 Å². The number of carbonyl (C=O) groups excluding carboxylic acids is 2. The zero-order chi connectivity index (χ0) is 14.9. The van der Waals surface area contributed by atoms with Crippen molar-refractivity contribution in [2.75, 3.05) is 0 Å². The number of carbonyl (C=O) groups is 2. The zero-order valence-electron chi connectivity index (χ0n) is 12.2. The molecule has 0 aromatic heterocycles. The number of rotatable bonds is 4. The number of hydrogen-bond acceptors (Lipinski definition) is 3. The Morgan fingerprint density at radius 3 is 2.55 bits per heavy atom. The molecule has 0 fully saturated rings. The van der Waals surface area contributed by atoms with Crippen molar-refractivity contribution in [2.24, 2.45) is 0 Å². The SMILES string of the molecule is CCCCC(S)N1C(=O)c2ccccc2C(C)(C)C1=O. The van der Waals surface area contributed by atoms with E-state index < -0.39 is 5.41 Å². The first-order valence-electron chi connectivity index (χ1n) is 7.06. The van der Waals surface area contributed by atoms with Crippen molar-refractivity contribution in [3.05, 3.63) is 35.4 Å². The molecular weight excluding hydrogens is 270 g/mol. The highest BCUT2D eigenvalue weighted by atomic mass is 32.1. The lowest BCUT2D eigenvalue weighted by molar-refractivity contribution is -0.134. The van der Waals surface area contributed by atoms with Crippen LogP contribution in [0.5, 0.6) is 0 Å². The minimum atomic E-state index is -0.683. The van der Waals surface area contributed by atoms with Gasteiger partial charge < -0.3 is 0 Å². The summed E-state index contributed by atoms with van der Waals surface area (Å²) < 4.78 is 0. The van der Waals surface area contributed by atoms with Crippen LogP contribution in [0.4, 0.5) is 0 Å². The summed E-state index contributed by atoms with van der Waals surface area (Å²) in [4.78, 5) is 26.6. The van der Waals surface area contributed by atoms with Crippen molar-refractivity contribution < 1.29 is 9.59 Å². The summed E-state index contributed by atoms with van der Waals surface area (Å²) in [6, 6.07) is 7.35. The Labute approximate surface area is 125 Å². The van der Waals surface area contributed by atoms with Gasteiger partial charge in [-0.05, 0) is 31.9 Å². The minimum Gasteiger partial charge on any atom is -0.273 e. The first kappa shape index (κ1) is 15.1. The fraction of sp³-hybridized carbons (Fsp3) is 0.500. The Balaban J connectivity index is 2.43. The number of imide groups is 1. The number of thiol groups is 1. The number of nitrogens with zero attached hydrogens (tertiary/aromatic N) is 1. The molecule has 20 heavy (non-hydrogen) atoms. The quantitative estimate of drug-likeness (QED) is 0.682.